The van der Waals surface area contributed by atoms with Crippen LogP contribution in [-0.2, 0) is 10.0 Å². The topological polar surface area (TPSA) is 59.4 Å². The van der Waals surface area contributed by atoms with Gasteiger partial charge in [-0.3, -0.25) is 9.36 Å². The zero-order valence-corrected chi connectivity index (χ0v) is 20.1. The van der Waals surface area contributed by atoms with Gasteiger partial charge in [-0.05, 0) is 53.6 Å². The smallest absolute Gasteiger partial charge is 0.269 e. The Hall–Kier alpha value is -3.20. The molecule has 0 spiro atoms. The van der Waals surface area contributed by atoms with Crippen molar-refractivity contribution in [2.45, 2.75) is 17.0 Å². The second-order valence-corrected chi connectivity index (χ2v) is 10.6. The summed E-state index contributed by atoms with van der Waals surface area (Å²) in [7, 11) is -4.60. The van der Waals surface area contributed by atoms with Crippen LogP contribution >= 0.6 is 23.2 Å². The number of sulfonamides is 1. The van der Waals surface area contributed by atoms with Crippen molar-refractivity contribution in [3.8, 4) is 0 Å². The summed E-state index contributed by atoms with van der Waals surface area (Å²) in [6.07, 6.45) is 0. The lowest BCUT2D eigenvalue weighted by atomic mass is 9.94. The van der Waals surface area contributed by atoms with Crippen molar-refractivity contribution in [3.63, 3.8) is 0 Å². The predicted octanol–water partition coefficient (Wildman–Crippen LogP) is 5.97. The molecule has 1 aliphatic rings. The van der Waals surface area contributed by atoms with E-state index in [1.165, 1.54) is 22.8 Å². The first kappa shape index (κ1) is 23.5. The summed E-state index contributed by atoms with van der Waals surface area (Å²) in [5.41, 5.74) is 0.684. The highest BCUT2D eigenvalue weighted by Gasteiger charge is 2.47. The number of benzene rings is 3. The SMILES string of the molecule is O=c1cccc2n1[C@@H](c1ccc(Cl)cc1)[C@@H](c1ccc(Cl)cc1)N2S(=O)(=O)c1ccc(F)cc1F. The molecule has 3 aromatic carbocycles. The van der Waals surface area contributed by atoms with Crippen LogP contribution in [0.15, 0.2) is 94.6 Å². The van der Waals surface area contributed by atoms with Gasteiger partial charge >= 0.3 is 0 Å². The van der Waals surface area contributed by atoms with E-state index in [0.717, 1.165) is 16.4 Å². The first-order valence-corrected chi connectivity index (χ1v) is 12.6. The lowest BCUT2D eigenvalue weighted by Gasteiger charge is -2.29. The molecule has 0 radical (unpaired) electrons. The molecule has 1 aliphatic heterocycles. The van der Waals surface area contributed by atoms with Gasteiger partial charge in [-0.25, -0.2) is 21.5 Å². The molecule has 5 nitrogen and oxygen atoms in total. The monoisotopic (exact) mass is 532 g/mol. The summed E-state index contributed by atoms with van der Waals surface area (Å²) >= 11 is 12.1. The normalized spacial score (nSPS) is 17.4. The maximum Gasteiger partial charge on any atom is 0.269 e. The van der Waals surface area contributed by atoms with Crippen LogP contribution in [0.5, 0.6) is 0 Å². The van der Waals surface area contributed by atoms with Crippen LogP contribution in [0.3, 0.4) is 0 Å². The van der Waals surface area contributed by atoms with Crippen LogP contribution in [-0.4, -0.2) is 13.0 Å². The Bertz CT molecular complexity index is 1590. The average Bonchev–Trinajstić information content (AvgIpc) is 3.17. The van der Waals surface area contributed by atoms with Gasteiger partial charge in [-0.2, -0.15) is 0 Å². The molecule has 0 unspecified atom stereocenters. The van der Waals surface area contributed by atoms with Gasteiger partial charge < -0.3 is 0 Å². The summed E-state index contributed by atoms with van der Waals surface area (Å²) in [5.74, 6) is -2.10. The van der Waals surface area contributed by atoms with E-state index >= 15 is 0 Å². The van der Waals surface area contributed by atoms with Crippen LogP contribution in [0.25, 0.3) is 0 Å². The highest BCUT2D eigenvalue weighted by Crippen LogP contribution is 2.49. The fourth-order valence-electron chi connectivity index (χ4n) is 4.39. The van der Waals surface area contributed by atoms with E-state index < -0.39 is 44.2 Å². The highest BCUT2D eigenvalue weighted by atomic mass is 35.5. The number of aromatic nitrogens is 1. The van der Waals surface area contributed by atoms with Gasteiger partial charge in [0.1, 0.15) is 22.3 Å². The third-order valence-corrected chi connectivity index (χ3v) is 8.20. The first-order valence-electron chi connectivity index (χ1n) is 10.4. The van der Waals surface area contributed by atoms with Gasteiger partial charge in [0, 0.05) is 22.2 Å². The van der Waals surface area contributed by atoms with Crippen LogP contribution < -0.4 is 9.86 Å². The van der Waals surface area contributed by atoms with Crippen LogP contribution in [0.1, 0.15) is 23.2 Å². The number of fused-ring (bicyclic) bond motifs is 1. The molecule has 0 N–H and O–H groups in total. The Balaban J connectivity index is 1.82. The summed E-state index contributed by atoms with van der Waals surface area (Å²) in [6.45, 7) is 0. The lowest BCUT2D eigenvalue weighted by molar-refractivity contribution is 0.522. The van der Waals surface area contributed by atoms with Gasteiger partial charge in [-0.15, -0.1) is 0 Å². The third-order valence-electron chi connectivity index (χ3n) is 5.88. The van der Waals surface area contributed by atoms with E-state index in [-0.39, 0.29) is 5.82 Å². The van der Waals surface area contributed by atoms with Crippen LogP contribution in [0.2, 0.25) is 10.0 Å². The average molecular weight is 533 g/mol. The van der Waals surface area contributed by atoms with Crippen molar-refractivity contribution in [2.75, 3.05) is 4.31 Å². The molecule has 0 aliphatic carbocycles. The standard InChI is InChI=1S/C25H16Cl2F2N2O3S/c26-17-8-4-15(5-9-17)24-25(16-6-10-18(27)11-7-16)31(22-2-1-3-23(32)30(22)24)35(33,34)21-13-12-19(28)14-20(21)29/h1-14,24-25H/t24-,25+/m0/s1. The molecular formula is C25H16Cl2F2N2O3S. The molecule has 2 atom stereocenters. The van der Waals surface area contributed by atoms with E-state index in [2.05, 4.69) is 0 Å². The van der Waals surface area contributed by atoms with Gasteiger partial charge in [0.25, 0.3) is 15.6 Å². The fourth-order valence-corrected chi connectivity index (χ4v) is 6.33. The zero-order valence-electron chi connectivity index (χ0n) is 17.8. The van der Waals surface area contributed by atoms with E-state index in [9.17, 15) is 22.0 Å². The first-order chi connectivity index (χ1) is 16.7. The molecule has 10 heteroatoms. The summed E-state index contributed by atoms with van der Waals surface area (Å²) in [4.78, 5) is 12.4. The van der Waals surface area contributed by atoms with Crippen molar-refractivity contribution in [1.29, 1.82) is 0 Å². The molecule has 35 heavy (non-hydrogen) atoms. The maximum absolute atomic E-state index is 14.8. The van der Waals surface area contributed by atoms with Crippen molar-refractivity contribution in [2.24, 2.45) is 0 Å². The molecule has 4 aromatic rings. The van der Waals surface area contributed by atoms with E-state index in [0.29, 0.717) is 27.2 Å². The highest BCUT2D eigenvalue weighted by molar-refractivity contribution is 7.92. The zero-order chi connectivity index (χ0) is 24.9. The number of halogens is 4. The largest absolute Gasteiger partial charge is 0.284 e. The van der Waals surface area contributed by atoms with Crippen LogP contribution in [0.4, 0.5) is 14.6 Å². The Morgan fingerprint density at radius 1 is 0.743 bits per heavy atom. The summed E-state index contributed by atoms with van der Waals surface area (Å²) in [5, 5.41) is 0.900. The molecule has 2 heterocycles. The van der Waals surface area contributed by atoms with E-state index in [4.69, 9.17) is 23.2 Å². The molecule has 0 amide bonds. The number of hydrogen-bond acceptors (Lipinski definition) is 3. The molecule has 0 fully saturated rings. The Kier molecular flexibility index (Phi) is 5.91. The predicted molar refractivity (Wildman–Crippen MR) is 131 cm³/mol. The third kappa shape index (κ3) is 4.01. The van der Waals surface area contributed by atoms with Gasteiger partial charge in [0.15, 0.2) is 0 Å². The Morgan fingerprint density at radius 3 is 1.89 bits per heavy atom. The van der Waals surface area contributed by atoms with Crippen molar-refractivity contribution >= 4 is 39.0 Å². The minimum absolute atomic E-state index is 0.0427. The number of rotatable bonds is 4. The number of anilines is 1. The molecular weight excluding hydrogens is 517 g/mol. The molecule has 178 valence electrons. The molecule has 1 aromatic heterocycles. The fraction of sp³-hybridized carbons (Fsp3) is 0.0800. The van der Waals surface area contributed by atoms with E-state index in [1.807, 2.05) is 0 Å². The number of pyridine rings is 1. The summed E-state index contributed by atoms with van der Waals surface area (Å²) in [6, 6.07) is 17.9. The van der Waals surface area contributed by atoms with E-state index in [1.54, 1.807) is 48.5 Å². The van der Waals surface area contributed by atoms with Crippen LogP contribution in [0, 0.1) is 11.6 Å². The number of hydrogen-bond donors (Lipinski definition) is 0. The quantitative estimate of drug-likeness (QED) is 0.325. The second-order valence-electron chi connectivity index (χ2n) is 7.96. The molecule has 0 saturated carbocycles. The molecule has 0 saturated heterocycles. The molecule has 5 rings (SSSR count). The van der Waals surface area contributed by atoms with Crippen molar-refractivity contribution in [1.82, 2.24) is 4.57 Å². The molecule has 0 bridgehead atoms. The van der Waals surface area contributed by atoms with Gasteiger partial charge in [0.05, 0.1) is 12.1 Å². The number of nitrogens with zero attached hydrogens (tertiary/aromatic N) is 2. The minimum atomic E-state index is -4.60. The Morgan fingerprint density at radius 2 is 1.31 bits per heavy atom. The Labute approximate surface area is 209 Å². The van der Waals surface area contributed by atoms with Gasteiger partial charge in [-0.1, -0.05) is 53.5 Å². The van der Waals surface area contributed by atoms with Crippen molar-refractivity contribution < 1.29 is 17.2 Å². The summed E-state index contributed by atoms with van der Waals surface area (Å²) < 4.78 is 58.5. The van der Waals surface area contributed by atoms with Gasteiger partial charge in [0.2, 0.25) is 0 Å². The lowest BCUT2D eigenvalue weighted by Crippen LogP contribution is -2.34. The van der Waals surface area contributed by atoms with Crippen molar-refractivity contribution in [3.05, 3.63) is 128 Å². The second kappa shape index (κ2) is 8.78. The minimum Gasteiger partial charge on any atom is -0.284 e. The maximum atomic E-state index is 14.8.